The van der Waals surface area contributed by atoms with Crippen molar-refractivity contribution in [2.75, 3.05) is 13.2 Å². The molecule has 0 heterocycles. The molecule has 0 amide bonds. The molecule has 1 unspecified atom stereocenters. The summed E-state index contributed by atoms with van der Waals surface area (Å²) in [6.07, 6.45) is 93.4. The van der Waals surface area contributed by atoms with Crippen LogP contribution in [0.15, 0.2) is 97.2 Å². The van der Waals surface area contributed by atoms with Crippen LogP contribution in [-0.4, -0.2) is 37.2 Å². The fourth-order valence-corrected chi connectivity index (χ4v) is 9.89. The second-order valence-corrected chi connectivity index (χ2v) is 23.1. The molecule has 0 rings (SSSR count). The van der Waals surface area contributed by atoms with E-state index in [0.717, 1.165) is 116 Å². The maximum atomic E-state index is 12.9. The second kappa shape index (κ2) is 68.8. The van der Waals surface area contributed by atoms with E-state index in [0.29, 0.717) is 19.3 Å². The predicted molar refractivity (Wildman–Crippen MR) is 353 cm³/mol. The zero-order chi connectivity index (χ0) is 58.5. The van der Waals surface area contributed by atoms with Crippen molar-refractivity contribution in [2.45, 2.75) is 348 Å². The largest absolute Gasteiger partial charge is 0.462 e. The van der Waals surface area contributed by atoms with E-state index in [1.54, 1.807) is 0 Å². The summed E-state index contributed by atoms with van der Waals surface area (Å²) < 4.78 is 16.8. The fourth-order valence-electron chi connectivity index (χ4n) is 9.89. The number of carbonyl (C=O) groups excluding carboxylic acids is 3. The van der Waals surface area contributed by atoms with Crippen molar-refractivity contribution in [3.63, 3.8) is 0 Å². The van der Waals surface area contributed by atoms with Gasteiger partial charge in [-0.3, -0.25) is 14.4 Å². The molecule has 0 aromatic heterocycles. The Bertz CT molecular complexity index is 1580. The molecule has 0 radical (unpaired) electrons. The van der Waals surface area contributed by atoms with Crippen LogP contribution in [0.5, 0.6) is 0 Å². The number of esters is 3. The minimum Gasteiger partial charge on any atom is -0.462 e. The smallest absolute Gasteiger partial charge is 0.306 e. The van der Waals surface area contributed by atoms with Gasteiger partial charge in [0.2, 0.25) is 0 Å². The molecule has 0 bridgehead atoms. The van der Waals surface area contributed by atoms with Gasteiger partial charge in [-0.1, -0.05) is 317 Å². The van der Waals surface area contributed by atoms with E-state index in [1.807, 2.05) is 0 Å². The summed E-state index contributed by atoms with van der Waals surface area (Å²) in [4.78, 5) is 38.0. The first-order valence-corrected chi connectivity index (χ1v) is 34.7. The van der Waals surface area contributed by atoms with Gasteiger partial charge in [0.05, 0.1) is 0 Å². The maximum Gasteiger partial charge on any atom is 0.306 e. The minimum atomic E-state index is -0.776. The Morgan fingerprint density at radius 2 is 0.481 bits per heavy atom. The summed E-state index contributed by atoms with van der Waals surface area (Å²) in [6, 6.07) is 0. The van der Waals surface area contributed by atoms with Crippen molar-refractivity contribution in [2.24, 2.45) is 0 Å². The topological polar surface area (TPSA) is 78.9 Å². The summed E-state index contributed by atoms with van der Waals surface area (Å²) in [5.74, 6) is -0.885. The SMILES string of the molecule is CC/C=C\C/C=C\C/C=C\C/C=C\C/C=C\C/C=C\C/C=C\CCCCCCCCCCCC(=O)OCC(COC(=O)CCCCCCC)OC(=O)CCCCCCCCCCCCCCCCC/C=C\CCCCCCCCCC. The zero-order valence-corrected chi connectivity index (χ0v) is 53.5. The van der Waals surface area contributed by atoms with E-state index in [1.165, 1.54) is 186 Å². The molecule has 0 saturated carbocycles. The van der Waals surface area contributed by atoms with E-state index >= 15 is 0 Å². The third kappa shape index (κ3) is 67.0. The van der Waals surface area contributed by atoms with Gasteiger partial charge in [-0.25, -0.2) is 0 Å². The van der Waals surface area contributed by atoms with E-state index in [-0.39, 0.29) is 31.1 Å². The molecule has 0 spiro atoms. The number of rotatable bonds is 63. The maximum absolute atomic E-state index is 12.9. The molecule has 0 aromatic rings. The van der Waals surface area contributed by atoms with E-state index in [4.69, 9.17) is 14.2 Å². The van der Waals surface area contributed by atoms with E-state index in [9.17, 15) is 14.4 Å². The van der Waals surface area contributed by atoms with Crippen LogP contribution >= 0.6 is 0 Å². The second-order valence-electron chi connectivity index (χ2n) is 23.1. The predicted octanol–water partition coefficient (Wildman–Crippen LogP) is 24.0. The van der Waals surface area contributed by atoms with Crippen molar-refractivity contribution < 1.29 is 28.6 Å². The first kappa shape index (κ1) is 77.3. The van der Waals surface area contributed by atoms with Gasteiger partial charge >= 0.3 is 17.9 Å². The van der Waals surface area contributed by atoms with Crippen LogP contribution in [0.1, 0.15) is 342 Å². The Morgan fingerprint density at radius 3 is 0.765 bits per heavy atom. The standard InChI is InChI=1S/C75H130O6/c1-4-7-10-13-15-17-19-21-23-25-27-29-31-33-35-36-37-38-40-41-43-45-47-49-51-53-55-57-59-62-65-68-74(77)80-71-72(70-79-73(76)67-64-61-12-9-6-3)81-75(78)69-66-63-60-58-56-54-52-50-48-46-44-42-39-34-32-30-28-26-24-22-20-18-16-14-11-8-5-2/h7,10,15,17,21,23,26-29,33,35,37-38,41,43,72H,4-6,8-9,11-14,16,18-20,22,24-25,30-32,34,36,39-40,42,44-71H2,1-3H3/b10-7-,17-15-,23-21-,28-26-,29-27-,35-33-,38-37-,43-41-. The monoisotopic (exact) mass is 1130 g/mol. The summed E-state index contributed by atoms with van der Waals surface area (Å²) in [6.45, 7) is 6.47. The van der Waals surface area contributed by atoms with Gasteiger partial charge in [0.15, 0.2) is 6.10 Å². The molecule has 0 aliphatic heterocycles. The molecule has 6 heteroatoms. The molecule has 0 N–H and O–H groups in total. The lowest BCUT2D eigenvalue weighted by atomic mass is 10.0. The summed E-state index contributed by atoms with van der Waals surface area (Å²) in [5, 5.41) is 0. The van der Waals surface area contributed by atoms with E-state index < -0.39 is 6.10 Å². The van der Waals surface area contributed by atoms with Gasteiger partial charge in [0.25, 0.3) is 0 Å². The molecule has 0 aliphatic carbocycles. The fraction of sp³-hybridized carbons (Fsp3) is 0.747. The highest BCUT2D eigenvalue weighted by Crippen LogP contribution is 2.17. The van der Waals surface area contributed by atoms with Gasteiger partial charge in [0.1, 0.15) is 13.2 Å². The lowest BCUT2D eigenvalue weighted by Crippen LogP contribution is -2.30. The molecule has 0 fully saturated rings. The van der Waals surface area contributed by atoms with Crippen LogP contribution in [0, 0.1) is 0 Å². The zero-order valence-electron chi connectivity index (χ0n) is 53.5. The van der Waals surface area contributed by atoms with Crippen molar-refractivity contribution in [3.05, 3.63) is 97.2 Å². The van der Waals surface area contributed by atoms with Crippen LogP contribution in [0.25, 0.3) is 0 Å². The van der Waals surface area contributed by atoms with Gasteiger partial charge in [-0.2, -0.15) is 0 Å². The van der Waals surface area contributed by atoms with Crippen molar-refractivity contribution in [3.8, 4) is 0 Å². The Balaban J connectivity index is 4.01. The first-order chi connectivity index (χ1) is 40.0. The van der Waals surface area contributed by atoms with Gasteiger partial charge in [-0.05, 0) is 103 Å². The quantitative estimate of drug-likeness (QED) is 0.0261. The Hall–Kier alpha value is -3.67. The lowest BCUT2D eigenvalue weighted by molar-refractivity contribution is -0.167. The highest BCUT2D eigenvalue weighted by atomic mass is 16.6. The molecular formula is C75H130O6. The average Bonchev–Trinajstić information content (AvgIpc) is 3.47. The lowest BCUT2D eigenvalue weighted by Gasteiger charge is -2.18. The van der Waals surface area contributed by atoms with Crippen molar-refractivity contribution >= 4 is 17.9 Å². The molecule has 0 aliphatic rings. The van der Waals surface area contributed by atoms with Gasteiger partial charge in [-0.15, -0.1) is 0 Å². The first-order valence-electron chi connectivity index (χ1n) is 34.7. The molecular weight excluding hydrogens is 997 g/mol. The summed E-state index contributed by atoms with van der Waals surface area (Å²) in [5.41, 5.74) is 0. The van der Waals surface area contributed by atoms with Crippen LogP contribution in [0.3, 0.4) is 0 Å². The minimum absolute atomic E-state index is 0.0773. The third-order valence-electron chi connectivity index (χ3n) is 15.1. The highest BCUT2D eigenvalue weighted by molar-refractivity contribution is 5.71. The van der Waals surface area contributed by atoms with Crippen molar-refractivity contribution in [1.82, 2.24) is 0 Å². The molecule has 466 valence electrons. The van der Waals surface area contributed by atoms with Crippen LogP contribution in [-0.2, 0) is 28.6 Å². The Labute approximate surface area is 502 Å². The van der Waals surface area contributed by atoms with Crippen LogP contribution in [0.4, 0.5) is 0 Å². The Kier molecular flexibility index (Phi) is 65.7. The molecule has 6 nitrogen and oxygen atoms in total. The van der Waals surface area contributed by atoms with Crippen LogP contribution < -0.4 is 0 Å². The van der Waals surface area contributed by atoms with Gasteiger partial charge < -0.3 is 14.2 Å². The number of hydrogen-bond acceptors (Lipinski definition) is 6. The van der Waals surface area contributed by atoms with Gasteiger partial charge in [0, 0.05) is 19.3 Å². The Morgan fingerprint density at radius 1 is 0.259 bits per heavy atom. The van der Waals surface area contributed by atoms with Crippen LogP contribution in [0.2, 0.25) is 0 Å². The molecule has 81 heavy (non-hydrogen) atoms. The normalized spacial score (nSPS) is 12.7. The average molecular weight is 1130 g/mol. The number of carbonyl (C=O) groups is 3. The van der Waals surface area contributed by atoms with Crippen molar-refractivity contribution in [1.29, 1.82) is 0 Å². The van der Waals surface area contributed by atoms with E-state index in [2.05, 4.69) is 118 Å². The summed E-state index contributed by atoms with van der Waals surface area (Å²) in [7, 11) is 0. The number of unbranched alkanes of at least 4 members (excludes halogenated alkanes) is 36. The third-order valence-corrected chi connectivity index (χ3v) is 15.1. The number of hydrogen-bond donors (Lipinski definition) is 0. The molecule has 0 aromatic carbocycles. The number of ether oxygens (including phenoxy) is 3. The molecule has 0 saturated heterocycles. The number of allylic oxidation sites excluding steroid dienone is 16. The summed E-state index contributed by atoms with van der Waals surface area (Å²) >= 11 is 0. The molecule has 1 atom stereocenters. The highest BCUT2D eigenvalue weighted by Gasteiger charge is 2.19.